The molecule has 3 N–H and O–H groups in total. The van der Waals surface area contributed by atoms with E-state index in [1.165, 1.54) is 18.2 Å². The standard InChI is InChI=1S/C31H23F3N2O4/c1-16-11-17(2)13-20(12-16)27(26-23-10-9-21(31(32,33)34)15-25(23)36-29(26)38)35-24-8-4-7-22(28(24)37)18-5-3-6-19(14-18)30(39)40/h3-15,26,37H,1-2H3,(H,36,38)(H,39,40). The minimum absolute atomic E-state index is 0.0409. The van der Waals surface area contributed by atoms with Gasteiger partial charge in [-0.2, -0.15) is 13.2 Å². The van der Waals surface area contributed by atoms with E-state index < -0.39 is 29.5 Å². The van der Waals surface area contributed by atoms with E-state index in [2.05, 4.69) is 5.32 Å². The number of amides is 1. The summed E-state index contributed by atoms with van der Waals surface area (Å²) in [6.07, 6.45) is -4.58. The van der Waals surface area contributed by atoms with Gasteiger partial charge in [0.2, 0.25) is 5.91 Å². The number of phenols is 1. The molecule has 4 aromatic rings. The molecule has 0 aliphatic carbocycles. The van der Waals surface area contributed by atoms with Crippen molar-refractivity contribution in [1.29, 1.82) is 0 Å². The van der Waals surface area contributed by atoms with Gasteiger partial charge in [-0.3, -0.25) is 4.79 Å². The van der Waals surface area contributed by atoms with Crippen molar-refractivity contribution in [3.05, 3.63) is 112 Å². The van der Waals surface area contributed by atoms with Crippen LogP contribution in [-0.4, -0.2) is 27.8 Å². The van der Waals surface area contributed by atoms with Gasteiger partial charge in [0.15, 0.2) is 0 Å². The molecule has 1 aliphatic heterocycles. The van der Waals surface area contributed by atoms with Gasteiger partial charge in [-0.1, -0.05) is 59.7 Å². The Morgan fingerprint density at radius 1 is 0.900 bits per heavy atom. The quantitative estimate of drug-likeness (QED) is 0.231. The van der Waals surface area contributed by atoms with E-state index in [-0.39, 0.29) is 28.4 Å². The highest BCUT2D eigenvalue weighted by atomic mass is 19.4. The van der Waals surface area contributed by atoms with Gasteiger partial charge in [0.05, 0.1) is 16.8 Å². The summed E-state index contributed by atoms with van der Waals surface area (Å²) in [5.74, 6) is -2.95. The number of nitrogens with zero attached hydrogens (tertiary/aromatic N) is 1. The van der Waals surface area contributed by atoms with E-state index in [9.17, 15) is 33.0 Å². The summed E-state index contributed by atoms with van der Waals surface area (Å²) in [5, 5.41) is 23.2. The Balaban J connectivity index is 1.69. The first-order chi connectivity index (χ1) is 18.9. The second-order valence-corrected chi connectivity index (χ2v) is 9.65. The number of aryl methyl sites for hydroxylation is 2. The van der Waals surface area contributed by atoms with E-state index in [0.717, 1.165) is 23.3 Å². The fraction of sp³-hybridized carbons (Fsp3) is 0.129. The Hall–Kier alpha value is -4.92. The molecule has 4 aromatic carbocycles. The van der Waals surface area contributed by atoms with E-state index >= 15 is 0 Å². The third-order valence-electron chi connectivity index (χ3n) is 6.68. The second kappa shape index (κ2) is 10.00. The first-order valence-corrected chi connectivity index (χ1v) is 12.3. The van der Waals surface area contributed by atoms with Crippen LogP contribution in [-0.2, 0) is 11.0 Å². The topological polar surface area (TPSA) is 99.0 Å². The predicted molar refractivity (Wildman–Crippen MR) is 145 cm³/mol. The van der Waals surface area contributed by atoms with Crippen LogP contribution in [0.4, 0.5) is 24.5 Å². The highest BCUT2D eigenvalue weighted by molar-refractivity contribution is 6.24. The van der Waals surface area contributed by atoms with Crippen LogP contribution in [0.5, 0.6) is 5.75 Å². The minimum Gasteiger partial charge on any atom is -0.505 e. The number of carboxylic acids is 1. The smallest absolute Gasteiger partial charge is 0.416 e. The van der Waals surface area contributed by atoms with Gasteiger partial charge < -0.3 is 15.5 Å². The molecule has 0 fully saturated rings. The van der Waals surface area contributed by atoms with Gasteiger partial charge in [-0.25, -0.2) is 9.79 Å². The molecule has 0 radical (unpaired) electrons. The van der Waals surface area contributed by atoms with Crippen molar-refractivity contribution in [3.63, 3.8) is 0 Å². The number of carbonyl (C=O) groups is 2. The number of alkyl halides is 3. The lowest BCUT2D eigenvalue weighted by atomic mass is 9.89. The molecule has 6 nitrogen and oxygen atoms in total. The highest BCUT2D eigenvalue weighted by Gasteiger charge is 2.38. The van der Waals surface area contributed by atoms with Crippen LogP contribution in [0, 0.1) is 13.8 Å². The van der Waals surface area contributed by atoms with Crippen LogP contribution in [0.25, 0.3) is 11.1 Å². The Bertz CT molecular complexity index is 1690. The summed E-state index contributed by atoms with van der Waals surface area (Å²) in [4.78, 5) is 29.4. The lowest BCUT2D eigenvalue weighted by Gasteiger charge is -2.17. The number of para-hydroxylation sites is 1. The summed E-state index contributed by atoms with van der Waals surface area (Å²) in [7, 11) is 0. The van der Waals surface area contributed by atoms with Crippen molar-refractivity contribution in [2.24, 2.45) is 4.99 Å². The Kier molecular flexibility index (Phi) is 6.67. The van der Waals surface area contributed by atoms with Crippen molar-refractivity contribution < 1.29 is 33.0 Å². The number of aliphatic imine (C=N–C) groups is 1. The molecule has 1 heterocycles. The Morgan fingerprint density at radius 2 is 1.60 bits per heavy atom. The molecular formula is C31H23F3N2O4. The first kappa shape index (κ1) is 26.7. The van der Waals surface area contributed by atoms with Gasteiger partial charge in [-0.05, 0) is 60.9 Å². The molecule has 0 aromatic heterocycles. The minimum atomic E-state index is -4.58. The molecule has 0 saturated carbocycles. The van der Waals surface area contributed by atoms with Crippen LogP contribution in [0.3, 0.4) is 0 Å². The van der Waals surface area contributed by atoms with E-state index in [1.54, 1.807) is 30.3 Å². The number of fused-ring (bicyclic) bond motifs is 1. The summed E-state index contributed by atoms with van der Waals surface area (Å²) >= 11 is 0. The number of hydrogen-bond acceptors (Lipinski definition) is 4. The number of aromatic hydroxyl groups is 1. The van der Waals surface area contributed by atoms with E-state index in [0.29, 0.717) is 22.3 Å². The van der Waals surface area contributed by atoms with Crippen LogP contribution in [0.15, 0.2) is 83.9 Å². The molecule has 202 valence electrons. The largest absolute Gasteiger partial charge is 0.505 e. The van der Waals surface area contributed by atoms with Crippen molar-refractivity contribution in [2.75, 3.05) is 5.32 Å². The summed E-state index contributed by atoms with van der Waals surface area (Å²) < 4.78 is 40.0. The molecule has 0 spiro atoms. The average molecular weight is 545 g/mol. The molecule has 0 saturated heterocycles. The fourth-order valence-electron chi connectivity index (χ4n) is 4.93. The number of phenolic OH excluding ortho intramolecular Hbond substituents is 1. The van der Waals surface area contributed by atoms with Gasteiger partial charge in [-0.15, -0.1) is 0 Å². The first-order valence-electron chi connectivity index (χ1n) is 12.3. The fourth-order valence-corrected chi connectivity index (χ4v) is 4.93. The SMILES string of the molecule is Cc1cc(C)cc(C(=Nc2cccc(-c3cccc(C(=O)O)c3)c2O)C2C(=O)Nc3cc(C(F)(F)F)ccc32)c1. The number of carbonyl (C=O) groups excluding carboxylic acids is 1. The van der Waals surface area contributed by atoms with Gasteiger partial charge in [0.1, 0.15) is 17.4 Å². The zero-order valence-electron chi connectivity index (χ0n) is 21.4. The maximum absolute atomic E-state index is 13.3. The number of aromatic carboxylic acids is 1. The van der Waals surface area contributed by atoms with Gasteiger partial charge in [0.25, 0.3) is 0 Å². The average Bonchev–Trinajstić information content (AvgIpc) is 3.21. The summed E-state index contributed by atoms with van der Waals surface area (Å²) in [6.45, 7) is 3.75. The number of benzene rings is 4. The van der Waals surface area contributed by atoms with Crippen LogP contribution in [0.1, 0.15) is 44.1 Å². The normalized spacial score (nSPS) is 15.1. The Labute approximate surface area is 227 Å². The lowest BCUT2D eigenvalue weighted by Crippen LogP contribution is -2.22. The van der Waals surface area contributed by atoms with Crippen LogP contribution >= 0.6 is 0 Å². The number of rotatable bonds is 5. The molecule has 1 amide bonds. The van der Waals surface area contributed by atoms with Crippen LogP contribution in [0.2, 0.25) is 0 Å². The van der Waals surface area contributed by atoms with Gasteiger partial charge >= 0.3 is 12.1 Å². The number of hydrogen-bond donors (Lipinski definition) is 3. The molecular weight excluding hydrogens is 521 g/mol. The monoisotopic (exact) mass is 544 g/mol. The number of halogens is 3. The number of carboxylic acid groups (broad SMARTS) is 1. The molecule has 5 rings (SSSR count). The van der Waals surface area contributed by atoms with Crippen molar-refractivity contribution >= 4 is 29.0 Å². The van der Waals surface area contributed by atoms with Crippen molar-refractivity contribution in [2.45, 2.75) is 25.9 Å². The Morgan fingerprint density at radius 3 is 2.27 bits per heavy atom. The summed E-state index contributed by atoms with van der Waals surface area (Å²) in [5.41, 5.74) is 3.02. The third kappa shape index (κ3) is 5.05. The van der Waals surface area contributed by atoms with Crippen molar-refractivity contribution in [1.82, 2.24) is 0 Å². The molecule has 1 atom stereocenters. The zero-order chi connectivity index (χ0) is 28.8. The third-order valence-corrected chi connectivity index (χ3v) is 6.68. The predicted octanol–water partition coefficient (Wildman–Crippen LogP) is 7.25. The molecule has 9 heteroatoms. The molecule has 1 aliphatic rings. The maximum Gasteiger partial charge on any atom is 0.416 e. The van der Waals surface area contributed by atoms with Crippen LogP contribution < -0.4 is 5.32 Å². The summed E-state index contributed by atoms with van der Waals surface area (Å²) in [6, 6.07) is 19.5. The highest BCUT2D eigenvalue weighted by Crippen LogP contribution is 2.42. The second-order valence-electron chi connectivity index (χ2n) is 9.65. The van der Waals surface area contributed by atoms with E-state index in [4.69, 9.17) is 4.99 Å². The number of nitrogens with one attached hydrogen (secondary N) is 1. The molecule has 0 bridgehead atoms. The lowest BCUT2D eigenvalue weighted by molar-refractivity contribution is -0.137. The molecule has 1 unspecified atom stereocenters. The zero-order valence-corrected chi connectivity index (χ0v) is 21.4. The number of anilines is 1. The van der Waals surface area contributed by atoms with E-state index in [1.807, 2.05) is 32.0 Å². The maximum atomic E-state index is 13.3. The molecule has 40 heavy (non-hydrogen) atoms. The van der Waals surface area contributed by atoms with Crippen molar-refractivity contribution in [3.8, 4) is 16.9 Å². The van der Waals surface area contributed by atoms with Gasteiger partial charge in [0, 0.05) is 11.3 Å².